The highest BCUT2D eigenvalue weighted by Gasteiger charge is 2.35. The third-order valence-corrected chi connectivity index (χ3v) is 8.08. The number of fused-ring (bicyclic) bond motifs is 1. The minimum atomic E-state index is -0.797. The van der Waals surface area contributed by atoms with Gasteiger partial charge in [0.15, 0.2) is 16.3 Å². The van der Waals surface area contributed by atoms with E-state index in [4.69, 9.17) is 18.9 Å². The van der Waals surface area contributed by atoms with Gasteiger partial charge in [0.1, 0.15) is 5.75 Å². The molecular formula is C26H24Br2N2O6S. The first-order valence-electron chi connectivity index (χ1n) is 11.2. The van der Waals surface area contributed by atoms with Crippen LogP contribution in [0.5, 0.6) is 17.2 Å². The average molecular weight is 652 g/mol. The maximum absolute atomic E-state index is 13.8. The van der Waals surface area contributed by atoms with E-state index in [0.29, 0.717) is 42.3 Å². The van der Waals surface area contributed by atoms with Gasteiger partial charge in [-0.25, -0.2) is 9.79 Å². The number of aromatic nitrogens is 1. The Labute approximate surface area is 234 Å². The summed E-state index contributed by atoms with van der Waals surface area (Å²) in [7, 11) is 4.66. The van der Waals surface area contributed by atoms with Gasteiger partial charge in [-0.3, -0.25) is 9.36 Å². The van der Waals surface area contributed by atoms with Crippen LogP contribution in [0.2, 0.25) is 0 Å². The minimum Gasteiger partial charge on any atom is -0.496 e. The monoisotopic (exact) mass is 650 g/mol. The summed E-state index contributed by atoms with van der Waals surface area (Å²) in [6, 6.07) is 8.25. The molecular weight excluding hydrogens is 628 g/mol. The van der Waals surface area contributed by atoms with E-state index in [-0.39, 0.29) is 17.7 Å². The molecule has 1 aliphatic heterocycles. The lowest BCUT2D eigenvalue weighted by Gasteiger charge is -2.26. The predicted octanol–water partition coefficient (Wildman–Crippen LogP) is 4.35. The molecule has 194 valence electrons. The lowest BCUT2D eigenvalue weighted by molar-refractivity contribution is -0.139. The summed E-state index contributed by atoms with van der Waals surface area (Å²) in [6.45, 7) is 3.66. The van der Waals surface area contributed by atoms with Crippen molar-refractivity contribution in [3.8, 4) is 17.2 Å². The van der Waals surface area contributed by atoms with Gasteiger partial charge in [0, 0.05) is 4.47 Å². The Morgan fingerprint density at radius 3 is 2.35 bits per heavy atom. The van der Waals surface area contributed by atoms with Gasteiger partial charge in [0.05, 0.1) is 54.3 Å². The van der Waals surface area contributed by atoms with Gasteiger partial charge in [-0.15, -0.1) is 0 Å². The topological polar surface area (TPSA) is 88.4 Å². The van der Waals surface area contributed by atoms with E-state index in [0.717, 1.165) is 10.0 Å². The van der Waals surface area contributed by atoms with Crippen LogP contribution in [0.4, 0.5) is 0 Å². The molecule has 0 spiro atoms. The first-order valence-corrected chi connectivity index (χ1v) is 13.6. The Hall–Kier alpha value is -2.89. The number of benzene rings is 2. The van der Waals surface area contributed by atoms with Gasteiger partial charge in [-0.05, 0) is 71.2 Å². The smallest absolute Gasteiger partial charge is 0.338 e. The highest BCUT2D eigenvalue weighted by molar-refractivity contribution is 9.10. The van der Waals surface area contributed by atoms with E-state index in [1.165, 1.54) is 23.0 Å². The molecule has 1 aliphatic rings. The van der Waals surface area contributed by atoms with E-state index >= 15 is 0 Å². The second kappa shape index (κ2) is 11.2. The first kappa shape index (κ1) is 27.2. The van der Waals surface area contributed by atoms with Crippen LogP contribution in [0.1, 0.15) is 31.0 Å². The number of allylic oxidation sites excluding steroid dienone is 1. The molecule has 11 heteroatoms. The molecule has 0 saturated carbocycles. The molecule has 8 nitrogen and oxygen atoms in total. The summed E-state index contributed by atoms with van der Waals surface area (Å²) < 4.78 is 25.0. The molecule has 0 bridgehead atoms. The molecule has 0 aliphatic carbocycles. The van der Waals surface area contributed by atoms with Crippen LogP contribution in [-0.4, -0.2) is 38.5 Å². The largest absolute Gasteiger partial charge is 0.496 e. The van der Waals surface area contributed by atoms with Crippen LogP contribution in [-0.2, 0) is 9.53 Å². The zero-order valence-corrected chi connectivity index (χ0v) is 24.7. The first-order chi connectivity index (χ1) is 17.7. The lowest BCUT2D eigenvalue weighted by atomic mass is 9.95. The number of ether oxygens (including phenoxy) is 4. The fourth-order valence-electron chi connectivity index (χ4n) is 4.09. The van der Waals surface area contributed by atoms with Crippen molar-refractivity contribution in [2.24, 2.45) is 4.99 Å². The predicted molar refractivity (Wildman–Crippen MR) is 148 cm³/mol. The van der Waals surface area contributed by atoms with Crippen molar-refractivity contribution < 1.29 is 23.7 Å². The molecule has 3 aromatic rings. The minimum absolute atomic E-state index is 0.187. The molecule has 0 radical (unpaired) electrons. The number of carbonyl (C=O) groups excluding carboxylic acids is 1. The van der Waals surface area contributed by atoms with Crippen molar-refractivity contribution in [1.29, 1.82) is 0 Å². The number of thiazole rings is 1. The molecule has 1 aromatic heterocycles. The van der Waals surface area contributed by atoms with Crippen LogP contribution in [0.15, 0.2) is 60.3 Å². The molecule has 2 heterocycles. The van der Waals surface area contributed by atoms with E-state index in [9.17, 15) is 9.59 Å². The molecule has 2 aromatic carbocycles. The second-order valence-electron chi connectivity index (χ2n) is 7.92. The van der Waals surface area contributed by atoms with Crippen molar-refractivity contribution in [1.82, 2.24) is 4.57 Å². The highest BCUT2D eigenvalue weighted by Crippen LogP contribution is 2.40. The van der Waals surface area contributed by atoms with Crippen LogP contribution >= 0.6 is 43.2 Å². The lowest BCUT2D eigenvalue weighted by Crippen LogP contribution is -2.40. The van der Waals surface area contributed by atoms with Crippen LogP contribution < -0.4 is 29.1 Å². The van der Waals surface area contributed by atoms with Gasteiger partial charge in [-0.1, -0.05) is 33.3 Å². The molecule has 1 atom stereocenters. The van der Waals surface area contributed by atoms with Gasteiger partial charge >= 0.3 is 5.97 Å². The molecule has 0 unspecified atom stereocenters. The number of nitrogens with zero attached hydrogens (tertiary/aromatic N) is 2. The SMILES string of the molecule is CCOC(=O)C1=C(C)N=c2s/c(=C\c3ccc(OC)c(Br)c3)c(=O)n2[C@H]1c1cc(OC)c(OC)cc1Br. The average Bonchev–Trinajstić information content (AvgIpc) is 3.17. The highest BCUT2D eigenvalue weighted by atomic mass is 79.9. The number of hydrogen-bond acceptors (Lipinski definition) is 8. The van der Waals surface area contributed by atoms with Gasteiger partial charge < -0.3 is 18.9 Å². The van der Waals surface area contributed by atoms with Gasteiger partial charge in [-0.2, -0.15) is 0 Å². The third kappa shape index (κ3) is 5.12. The van der Waals surface area contributed by atoms with E-state index in [1.807, 2.05) is 18.2 Å². The maximum atomic E-state index is 13.8. The van der Waals surface area contributed by atoms with Crippen LogP contribution in [0.3, 0.4) is 0 Å². The second-order valence-corrected chi connectivity index (χ2v) is 10.6. The Morgan fingerprint density at radius 1 is 1.05 bits per heavy atom. The van der Waals surface area contributed by atoms with Crippen molar-refractivity contribution in [3.05, 3.63) is 81.4 Å². The number of esters is 1. The Morgan fingerprint density at radius 2 is 1.73 bits per heavy atom. The quantitative estimate of drug-likeness (QED) is 0.353. The zero-order valence-electron chi connectivity index (χ0n) is 20.8. The molecule has 0 fully saturated rings. The van der Waals surface area contributed by atoms with E-state index in [2.05, 4.69) is 36.9 Å². The van der Waals surface area contributed by atoms with Crippen molar-refractivity contribution in [2.45, 2.75) is 19.9 Å². The number of methoxy groups -OCH3 is 3. The summed E-state index contributed by atoms with van der Waals surface area (Å²) in [5.74, 6) is 1.12. The maximum Gasteiger partial charge on any atom is 0.338 e. The molecule has 4 rings (SSSR count). The van der Waals surface area contributed by atoms with Gasteiger partial charge in [0.25, 0.3) is 5.56 Å². The van der Waals surface area contributed by atoms with Crippen molar-refractivity contribution in [3.63, 3.8) is 0 Å². The number of hydrogen-bond donors (Lipinski definition) is 0. The third-order valence-electron chi connectivity index (χ3n) is 5.79. The summed E-state index contributed by atoms with van der Waals surface area (Å²) in [4.78, 5) is 32.1. The standard InChI is InChI=1S/C26H24Br2N2O6S/c1-6-36-25(32)22-13(2)29-26-30(23(22)15-11-19(34-4)20(35-5)12-16(15)27)24(31)21(37-26)10-14-7-8-18(33-3)17(28)9-14/h7-12,23H,6H2,1-5H3/b21-10-/t23-/m0/s1. The van der Waals surface area contributed by atoms with Crippen molar-refractivity contribution in [2.75, 3.05) is 27.9 Å². The molecule has 37 heavy (non-hydrogen) atoms. The number of carbonyl (C=O) groups is 1. The summed E-state index contributed by atoms with van der Waals surface area (Å²) in [5.41, 5.74) is 1.92. The zero-order chi connectivity index (χ0) is 26.9. The molecule has 0 amide bonds. The van der Waals surface area contributed by atoms with Crippen molar-refractivity contribution >= 4 is 55.2 Å². The summed E-state index contributed by atoms with van der Waals surface area (Å²) in [6.07, 6.45) is 1.79. The Kier molecular flexibility index (Phi) is 8.25. The summed E-state index contributed by atoms with van der Waals surface area (Å²) in [5, 5.41) is 0. The summed E-state index contributed by atoms with van der Waals surface area (Å²) >= 11 is 8.34. The van der Waals surface area contributed by atoms with Crippen LogP contribution in [0, 0.1) is 0 Å². The van der Waals surface area contributed by atoms with E-state index in [1.54, 1.807) is 46.3 Å². The normalized spacial score (nSPS) is 15.2. The fraction of sp³-hybridized carbons (Fsp3) is 0.269. The number of halogens is 2. The molecule has 0 saturated heterocycles. The van der Waals surface area contributed by atoms with Gasteiger partial charge in [0.2, 0.25) is 0 Å². The number of rotatable bonds is 7. The Bertz CT molecular complexity index is 1590. The van der Waals surface area contributed by atoms with Crippen LogP contribution in [0.25, 0.3) is 6.08 Å². The fourth-order valence-corrected chi connectivity index (χ4v) is 6.23. The van der Waals surface area contributed by atoms with E-state index < -0.39 is 12.0 Å². The Balaban J connectivity index is 1.99. The molecule has 0 N–H and O–H groups in total.